The molecule has 1 heterocycles. The van der Waals surface area contributed by atoms with E-state index in [4.69, 9.17) is 15.9 Å². The Labute approximate surface area is 109 Å². The first-order valence-corrected chi connectivity index (χ1v) is 5.74. The van der Waals surface area contributed by atoms with Crippen LogP contribution in [0.25, 0.3) is 6.08 Å². The van der Waals surface area contributed by atoms with Gasteiger partial charge in [-0.3, -0.25) is 4.79 Å². The maximum atomic E-state index is 11.5. The number of hydrogen-bond donors (Lipinski definition) is 3. The molecule has 1 fully saturated rings. The lowest BCUT2D eigenvalue weighted by atomic mass is 10.1. The highest BCUT2D eigenvalue weighted by Crippen LogP contribution is 2.19. The van der Waals surface area contributed by atoms with Crippen LogP contribution in [-0.4, -0.2) is 39.6 Å². The molecule has 0 radical (unpaired) electrons. The van der Waals surface area contributed by atoms with E-state index in [0.29, 0.717) is 5.56 Å². The number of carbonyl (C=O) groups is 2. The summed E-state index contributed by atoms with van der Waals surface area (Å²) < 4.78 is 0. The second kappa shape index (κ2) is 5.21. The van der Waals surface area contributed by atoms with Crippen LogP contribution in [0.3, 0.4) is 0 Å². The molecule has 0 spiro atoms. The van der Waals surface area contributed by atoms with Crippen molar-refractivity contribution in [2.45, 2.75) is 12.6 Å². The van der Waals surface area contributed by atoms with Crippen LogP contribution in [0.15, 0.2) is 30.0 Å². The molecule has 19 heavy (non-hydrogen) atoms. The van der Waals surface area contributed by atoms with Crippen LogP contribution in [0.5, 0.6) is 0 Å². The van der Waals surface area contributed by atoms with Gasteiger partial charge in [0, 0.05) is 0 Å². The molecule has 4 N–H and O–H groups in total. The minimum Gasteiger partial charge on any atom is -0.477 e. The van der Waals surface area contributed by atoms with Gasteiger partial charge in [0.1, 0.15) is 11.7 Å². The standard InChI is InChI=1S/C13H14N2O4/c14-10-6-15(12(10)17)11(13(18)19)5-8-1-3-9(7-16)4-2-8/h1-5,10,16H,6-7,14H2,(H,18,19). The predicted molar refractivity (Wildman–Crippen MR) is 67.7 cm³/mol. The number of aliphatic hydroxyl groups is 1. The van der Waals surface area contributed by atoms with Crippen molar-refractivity contribution in [1.29, 1.82) is 0 Å². The molecule has 0 saturated carbocycles. The number of carboxylic acids is 1. The Morgan fingerprint density at radius 3 is 2.47 bits per heavy atom. The van der Waals surface area contributed by atoms with Gasteiger partial charge in [-0.15, -0.1) is 0 Å². The highest BCUT2D eigenvalue weighted by molar-refractivity contribution is 6.01. The number of likely N-dealkylation sites (tertiary alicyclic amines) is 1. The van der Waals surface area contributed by atoms with Crippen LogP contribution in [-0.2, 0) is 16.2 Å². The summed E-state index contributed by atoms with van der Waals surface area (Å²) >= 11 is 0. The minimum atomic E-state index is -1.17. The van der Waals surface area contributed by atoms with Crippen molar-refractivity contribution in [1.82, 2.24) is 4.90 Å². The van der Waals surface area contributed by atoms with Crippen molar-refractivity contribution in [3.05, 3.63) is 41.1 Å². The summed E-state index contributed by atoms with van der Waals surface area (Å²) in [5.74, 6) is -1.56. The number of amides is 1. The third-order valence-corrected chi connectivity index (χ3v) is 2.94. The zero-order valence-electron chi connectivity index (χ0n) is 10.1. The van der Waals surface area contributed by atoms with Crippen molar-refractivity contribution < 1.29 is 19.8 Å². The molecule has 6 nitrogen and oxygen atoms in total. The SMILES string of the molecule is NC1CN(C(=Cc2ccc(CO)cc2)C(=O)O)C1=O. The molecular weight excluding hydrogens is 248 g/mol. The van der Waals surface area contributed by atoms with Gasteiger partial charge in [-0.25, -0.2) is 4.79 Å². The molecule has 2 rings (SSSR count). The monoisotopic (exact) mass is 262 g/mol. The van der Waals surface area contributed by atoms with Gasteiger partial charge in [0.05, 0.1) is 13.2 Å². The molecule has 1 aromatic rings. The maximum Gasteiger partial charge on any atom is 0.352 e. The molecule has 1 amide bonds. The Morgan fingerprint density at radius 1 is 1.42 bits per heavy atom. The fourth-order valence-electron chi connectivity index (χ4n) is 1.80. The van der Waals surface area contributed by atoms with Crippen molar-refractivity contribution in [3.8, 4) is 0 Å². The Hall–Kier alpha value is -2.18. The van der Waals surface area contributed by atoms with E-state index in [1.54, 1.807) is 24.3 Å². The van der Waals surface area contributed by atoms with E-state index < -0.39 is 12.0 Å². The van der Waals surface area contributed by atoms with Gasteiger partial charge in [-0.2, -0.15) is 0 Å². The summed E-state index contributed by atoms with van der Waals surface area (Å²) in [7, 11) is 0. The average molecular weight is 262 g/mol. The van der Waals surface area contributed by atoms with Gasteiger partial charge < -0.3 is 20.8 Å². The van der Waals surface area contributed by atoms with E-state index in [-0.39, 0.29) is 24.8 Å². The van der Waals surface area contributed by atoms with Crippen LogP contribution in [0.2, 0.25) is 0 Å². The topological polar surface area (TPSA) is 104 Å². The van der Waals surface area contributed by atoms with Gasteiger partial charge in [0.2, 0.25) is 5.91 Å². The molecule has 0 aliphatic carbocycles. The quantitative estimate of drug-likeness (QED) is 0.514. The van der Waals surface area contributed by atoms with Crippen molar-refractivity contribution in [3.63, 3.8) is 0 Å². The van der Waals surface area contributed by atoms with E-state index in [1.165, 1.54) is 6.08 Å². The molecule has 0 bridgehead atoms. The number of benzene rings is 1. The van der Waals surface area contributed by atoms with Crippen LogP contribution in [0, 0.1) is 0 Å². The van der Waals surface area contributed by atoms with Gasteiger partial charge in [0.15, 0.2) is 0 Å². The first-order valence-electron chi connectivity index (χ1n) is 5.74. The van der Waals surface area contributed by atoms with E-state index in [0.717, 1.165) is 10.5 Å². The zero-order valence-corrected chi connectivity index (χ0v) is 10.1. The molecule has 1 unspecified atom stereocenters. The van der Waals surface area contributed by atoms with Crippen LogP contribution >= 0.6 is 0 Å². The molecule has 1 aliphatic heterocycles. The number of aliphatic hydroxyl groups excluding tert-OH is 1. The number of nitrogens with two attached hydrogens (primary N) is 1. The van der Waals surface area contributed by atoms with Crippen LogP contribution in [0.1, 0.15) is 11.1 Å². The van der Waals surface area contributed by atoms with Gasteiger partial charge in [0.25, 0.3) is 0 Å². The number of β-lactam (4-membered cyclic amide) rings is 1. The summed E-state index contributed by atoms with van der Waals surface area (Å²) in [6.07, 6.45) is 1.41. The predicted octanol–water partition coefficient (Wildman–Crippen LogP) is -0.226. The number of carboxylic acid groups (broad SMARTS) is 1. The van der Waals surface area contributed by atoms with Crippen molar-refractivity contribution >= 4 is 18.0 Å². The average Bonchev–Trinajstić information content (AvgIpc) is 2.42. The fraction of sp³-hybridized carbons (Fsp3) is 0.231. The lowest BCUT2D eigenvalue weighted by Crippen LogP contribution is -2.60. The van der Waals surface area contributed by atoms with E-state index >= 15 is 0 Å². The molecule has 1 aliphatic rings. The molecule has 1 saturated heterocycles. The minimum absolute atomic E-state index is 0.0742. The maximum absolute atomic E-state index is 11.5. The fourth-order valence-corrected chi connectivity index (χ4v) is 1.80. The molecule has 6 heteroatoms. The summed E-state index contributed by atoms with van der Waals surface area (Å²) in [4.78, 5) is 23.8. The van der Waals surface area contributed by atoms with Crippen molar-refractivity contribution in [2.75, 3.05) is 6.54 Å². The van der Waals surface area contributed by atoms with Crippen LogP contribution in [0.4, 0.5) is 0 Å². The Kier molecular flexibility index (Phi) is 3.64. The van der Waals surface area contributed by atoms with E-state index in [1.807, 2.05) is 0 Å². The largest absolute Gasteiger partial charge is 0.477 e. The second-order valence-electron chi connectivity index (χ2n) is 4.29. The van der Waals surface area contributed by atoms with Crippen molar-refractivity contribution in [2.24, 2.45) is 5.73 Å². The molecule has 1 atom stereocenters. The van der Waals surface area contributed by atoms with Gasteiger partial charge >= 0.3 is 5.97 Å². The molecule has 1 aromatic carbocycles. The normalized spacial score (nSPS) is 19.3. The number of nitrogens with zero attached hydrogens (tertiary/aromatic N) is 1. The van der Waals surface area contributed by atoms with E-state index in [2.05, 4.69) is 0 Å². The number of hydrogen-bond acceptors (Lipinski definition) is 4. The molecule has 100 valence electrons. The molecule has 0 aromatic heterocycles. The zero-order chi connectivity index (χ0) is 14.0. The third kappa shape index (κ3) is 2.64. The van der Waals surface area contributed by atoms with E-state index in [9.17, 15) is 9.59 Å². The molecular formula is C13H14N2O4. The summed E-state index contributed by atoms with van der Waals surface area (Å²) in [5.41, 5.74) is 6.72. The van der Waals surface area contributed by atoms with Gasteiger partial charge in [-0.1, -0.05) is 24.3 Å². The lowest BCUT2D eigenvalue weighted by Gasteiger charge is -2.36. The second-order valence-corrected chi connectivity index (χ2v) is 4.29. The third-order valence-electron chi connectivity index (χ3n) is 2.94. The van der Waals surface area contributed by atoms with Gasteiger partial charge in [-0.05, 0) is 17.2 Å². The first-order chi connectivity index (χ1) is 9.02. The number of rotatable bonds is 4. The smallest absolute Gasteiger partial charge is 0.352 e. The Morgan fingerprint density at radius 2 is 2.05 bits per heavy atom. The number of carbonyl (C=O) groups excluding carboxylic acids is 1. The van der Waals surface area contributed by atoms with Crippen LogP contribution < -0.4 is 5.73 Å². The first kappa shape index (κ1) is 13.3. The lowest BCUT2D eigenvalue weighted by molar-refractivity contribution is -0.146. The summed E-state index contributed by atoms with van der Waals surface area (Å²) in [5, 5.41) is 18.1. The Balaban J connectivity index is 2.25. The highest BCUT2D eigenvalue weighted by atomic mass is 16.4. The Bertz CT molecular complexity index is 536. The summed E-state index contributed by atoms with van der Waals surface area (Å²) in [6.45, 7) is 0.140. The highest BCUT2D eigenvalue weighted by Gasteiger charge is 2.38. The number of aliphatic carboxylic acids is 1. The summed E-state index contributed by atoms with van der Waals surface area (Å²) in [6, 6.07) is 6.13.